The van der Waals surface area contributed by atoms with Gasteiger partial charge in [-0.2, -0.15) is 0 Å². The molecule has 2 fully saturated rings. The van der Waals surface area contributed by atoms with Crippen LogP contribution in [0.15, 0.2) is 53.7 Å². The third-order valence-electron chi connectivity index (χ3n) is 7.83. The van der Waals surface area contributed by atoms with Gasteiger partial charge in [-0.25, -0.2) is 4.39 Å². The van der Waals surface area contributed by atoms with E-state index in [0.717, 1.165) is 16.7 Å². The number of ether oxygens (including phenoxy) is 1. The van der Waals surface area contributed by atoms with Crippen molar-refractivity contribution >= 4 is 30.6 Å². The van der Waals surface area contributed by atoms with Crippen molar-refractivity contribution < 1.29 is 33.5 Å². The molecule has 3 heterocycles. The van der Waals surface area contributed by atoms with Gasteiger partial charge in [0.15, 0.2) is 11.6 Å². The number of rotatable bonds is 7. The van der Waals surface area contributed by atoms with Gasteiger partial charge in [0, 0.05) is 20.4 Å². The van der Waals surface area contributed by atoms with E-state index < -0.39 is 36.6 Å². The minimum atomic E-state index is -1.07. The van der Waals surface area contributed by atoms with E-state index in [1.54, 1.807) is 19.4 Å². The van der Waals surface area contributed by atoms with Crippen molar-refractivity contribution in [2.75, 3.05) is 20.8 Å². The maximum Gasteiger partial charge on any atom is 0.455 e. The summed E-state index contributed by atoms with van der Waals surface area (Å²) in [4.78, 5) is 31.5. The van der Waals surface area contributed by atoms with E-state index in [1.807, 2.05) is 24.3 Å². The van der Waals surface area contributed by atoms with Crippen LogP contribution in [0.3, 0.4) is 0 Å². The average Bonchev–Trinajstić information content (AvgIpc) is 3.12. The fraction of sp³-hybridized carbons (Fsp3) is 0.393. The standard InChI is InChI=1S/C28H30BFN2O6/c1-32-27(34)19-13-18(15-37-2)25-20(26(19)28(32)35)14-29(36)38-24(25)9-7-17(22-5-3-4-10-31-22)11-16-6-8-23(33)21(30)12-16/h3-6,8,10-12,19-20,24,26,33,36H,7,9,13-15H2,1-2H3/b17-11-/t19-,20+,24-,26-/m1/s1. The highest BCUT2D eigenvalue weighted by Crippen LogP contribution is 2.50. The molecule has 2 aromatic rings. The smallest absolute Gasteiger partial charge is 0.455 e. The number of carbonyl (C=O) groups excluding carboxylic acids is 2. The van der Waals surface area contributed by atoms with Crippen LogP contribution in [0.25, 0.3) is 11.6 Å². The highest BCUT2D eigenvalue weighted by atomic mass is 19.1. The lowest BCUT2D eigenvalue weighted by molar-refractivity contribution is -0.138. The van der Waals surface area contributed by atoms with Crippen molar-refractivity contribution in [1.29, 1.82) is 0 Å². The number of halogens is 1. The molecule has 3 aliphatic rings. The summed E-state index contributed by atoms with van der Waals surface area (Å²) < 4.78 is 25.5. The van der Waals surface area contributed by atoms with Gasteiger partial charge in [-0.05, 0) is 84.1 Å². The van der Waals surface area contributed by atoms with Crippen molar-refractivity contribution in [3.05, 3.63) is 70.8 Å². The number of methoxy groups -OCH3 is 1. The van der Waals surface area contributed by atoms with Gasteiger partial charge in [0.2, 0.25) is 11.8 Å². The molecular weight excluding hydrogens is 490 g/mol. The molecule has 1 aliphatic carbocycles. The van der Waals surface area contributed by atoms with Crippen LogP contribution in [0.5, 0.6) is 5.75 Å². The van der Waals surface area contributed by atoms with Gasteiger partial charge in [0.25, 0.3) is 0 Å². The maximum atomic E-state index is 14.0. The van der Waals surface area contributed by atoms with Crippen LogP contribution >= 0.6 is 0 Å². The van der Waals surface area contributed by atoms with Gasteiger partial charge < -0.3 is 19.5 Å². The molecule has 38 heavy (non-hydrogen) atoms. The molecule has 198 valence electrons. The number of phenolic OH excluding ortho intramolecular Hbond substituents is 1. The number of likely N-dealkylation sites (tertiary alicyclic amines) is 1. The van der Waals surface area contributed by atoms with Gasteiger partial charge in [-0.1, -0.05) is 12.1 Å². The van der Waals surface area contributed by atoms with Gasteiger partial charge in [-0.15, -0.1) is 0 Å². The van der Waals surface area contributed by atoms with Gasteiger partial charge in [0.05, 0.1) is 30.2 Å². The average molecular weight is 520 g/mol. The van der Waals surface area contributed by atoms with E-state index >= 15 is 0 Å². The summed E-state index contributed by atoms with van der Waals surface area (Å²) in [5.74, 6) is -2.83. The molecule has 10 heteroatoms. The quantitative estimate of drug-likeness (QED) is 0.328. The number of amides is 2. The number of pyridine rings is 1. The summed E-state index contributed by atoms with van der Waals surface area (Å²) in [5.41, 5.74) is 3.98. The number of benzene rings is 1. The van der Waals surface area contributed by atoms with E-state index in [-0.39, 0.29) is 24.1 Å². The SMILES string of the molecule is COCC1=C2[C@@H](CC/C(=C/c3ccc(O)c(F)c3)c3ccccn3)OB(O)C[C@@H]2[C@@H]2C(=O)N(C)C(=O)[C@@H]2C1. The zero-order valence-electron chi connectivity index (χ0n) is 21.3. The molecule has 2 amide bonds. The molecule has 1 aromatic heterocycles. The lowest BCUT2D eigenvalue weighted by Crippen LogP contribution is -2.46. The molecule has 2 N–H and O–H groups in total. The predicted octanol–water partition coefficient (Wildman–Crippen LogP) is 3.32. The van der Waals surface area contributed by atoms with Crippen LogP contribution in [0.2, 0.25) is 6.32 Å². The number of hydrogen-bond acceptors (Lipinski definition) is 7. The van der Waals surface area contributed by atoms with Crippen LogP contribution in [-0.4, -0.2) is 65.8 Å². The third-order valence-corrected chi connectivity index (χ3v) is 7.83. The van der Waals surface area contributed by atoms with E-state index in [9.17, 15) is 24.1 Å². The largest absolute Gasteiger partial charge is 0.505 e. The molecule has 1 aromatic carbocycles. The molecule has 0 spiro atoms. The predicted molar refractivity (Wildman–Crippen MR) is 139 cm³/mol. The summed E-state index contributed by atoms with van der Waals surface area (Å²) >= 11 is 0. The van der Waals surface area contributed by atoms with Gasteiger partial charge in [-0.3, -0.25) is 19.5 Å². The Labute approximate surface area is 220 Å². The van der Waals surface area contributed by atoms with Crippen molar-refractivity contribution in [1.82, 2.24) is 9.88 Å². The fourth-order valence-electron chi connectivity index (χ4n) is 6.16. The highest BCUT2D eigenvalue weighted by Gasteiger charge is 2.56. The summed E-state index contributed by atoms with van der Waals surface area (Å²) in [6.45, 7) is 0.311. The van der Waals surface area contributed by atoms with Crippen LogP contribution in [0.1, 0.15) is 30.5 Å². The Hall–Kier alpha value is -3.34. The lowest BCUT2D eigenvalue weighted by atomic mass is 9.58. The van der Waals surface area contributed by atoms with Crippen molar-refractivity contribution in [2.45, 2.75) is 31.7 Å². The number of phenols is 1. The number of aromatic nitrogens is 1. The van der Waals surface area contributed by atoms with Crippen LogP contribution in [0.4, 0.5) is 4.39 Å². The Morgan fingerprint density at radius 3 is 2.79 bits per heavy atom. The van der Waals surface area contributed by atoms with Crippen LogP contribution in [0, 0.1) is 23.6 Å². The zero-order valence-corrected chi connectivity index (χ0v) is 21.3. The summed E-state index contributed by atoms with van der Waals surface area (Å²) in [6.07, 6.45) is 4.61. The fourth-order valence-corrected chi connectivity index (χ4v) is 6.16. The lowest BCUT2D eigenvalue weighted by Gasteiger charge is -2.43. The first kappa shape index (κ1) is 26.3. The second-order valence-electron chi connectivity index (χ2n) is 10.1. The zero-order chi connectivity index (χ0) is 27.0. The highest BCUT2D eigenvalue weighted by molar-refractivity contribution is 6.43. The van der Waals surface area contributed by atoms with Crippen molar-refractivity contribution in [3.8, 4) is 5.75 Å². The number of aromatic hydroxyl groups is 1. The van der Waals surface area contributed by atoms with E-state index in [0.29, 0.717) is 37.1 Å². The first-order valence-electron chi connectivity index (χ1n) is 12.7. The molecule has 2 aliphatic heterocycles. The summed E-state index contributed by atoms with van der Waals surface area (Å²) in [5, 5.41) is 20.2. The monoisotopic (exact) mass is 520 g/mol. The normalized spacial score (nSPS) is 25.6. The number of nitrogens with zero attached hydrogens (tertiary/aromatic N) is 2. The van der Waals surface area contributed by atoms with E-state index in [1.165, 1.54) is 24.1 Å². The minimum absolute atomic E-state index is 0.188. The maximum absolute atomic E-state index is 14.0. The Bertz CT molecular complexity index is 1300. The molecule has 8 nitrogen and oxygen atoms in total. The van der Waals surface area contributed by atoms with Crippen molar-refractivity contribution in [3.63, 3.8) is 0 Å². The Morgan fingerprint density at radius 2 is 2.08 bits per heavy atom. The minimum Gasteiger partial charge on any atom is -0.505 e. The molecule has 5 rings (SSSR count). The van der Waals surface area contributed by atoms with Gasteiger partial charge >= 0.3 is 7.12 Å². The third kappa shape index (κ3) is 4.91. The molecule has 0 unspecified atom stereocenters. The Balaban J connectivity index is 1.48. The van der Waals surface area contributed by atoms with Crippen LogP contribution in [-0.2, 0) is 19.0 Å². The number of imide groups is 1. The molecule has 4 atom stereocenters. The second-order valence-corrected chi connectivity index (χ2v) is 10.1. The van der Waals surface area contributed by atoms with E-state index in [4.69, 9.17) is 9.39 Å². The molecule has 0 saturated carbocycles. The summed E-state index contributed by atoms with van der Waals surface area (Å²) in [6, 6.07) is 9.72. The summed E-state index contributed by atoms with van der Waals surface area (Å²) in [7, 11) is 2.04. The van der Waals surface area contributed by atoms with Crippen LogP contribution < -0.4 is 0 Å². The Kier molecular flexibility index (Phi) is 7.47. The number of hydrogen-bond donors (Lipinski definition) is 2. The number of carbonyl (C=O) groups is 2. The number of allylic oxidation sites excluding steroid dienone is 1. The number of fused-ring (bicyclic) bond motifs is 3. The Morgan fingerprint density at radius 1 is 1.26 bits per heavy atom. The first-order valence-corrected chi connectivity index (χ1v) is 12.7. The molecule has 2 saturated heterocycles. The molecule has 0 bridgehead atoms. The first-order chi connectivity index (χ1) is 18.3. The van der Waals surface area contributed by atoms with E-state index in [2.05, 4.69) is 4.98 Å². The molecular formula is C28H30BFN2O6. The topological polar surface area (TPSA) is 109 Å². The molecule has 0 radical (unpaired) electrons. The van der Waals surface area contributed by atoms with Gasteiger partial charge in [0.1, 0.15) is 0 Å². The van der Waals surface area contributed by atoms with Crippen molar-refractivity contribution in [2.24, 2.45) is 17.8 Å². The second kappa shape index (κ2) is 10.8.